The number of aliphatic imine (C=N–C) groups is 1. The topological polar surface area (TPSA) is 378 Å². The van der Waals surface area contributed by atoms with Gasteiger partial charge in [0.25, 0.3) is 0 Å². The fourth-order valence-corrected chi connectivity index (χ4v) is 8.72. The molecule has 1 heterocycles. The highest BCUT2D eigenvalue weighted by Gasteiger charge is 2.40. The van der Waals surface area contributed by atoms with E-state index in [1.807, 2.05) is 6.92 Å². The monoisotopic (exact) mass is 1130 g/mol. The van der Waals surface area contributed by atoms with Gasteiger partial charge < -0.3 is 73.8 Å². The van der Waals surface area contributed by atoms with E-state index in [-0.39, 0.29) is 68.9 Å². The van der Waals surface area contributed by atoms with E-state index in [0.29, 0.717) is 44.3 Å². The maximum atomic E-state index is 14.2. The molecule has 1 saturated heterocycles. The lowest BCUT2D eigenvalue weighted by Gasteiger charge is -2.31. The average Bonchev–Trinajstić information content (AvgIpc) is 3.90. The molecule has 1 aromatic rings. The summed E-state index contributed by atoms with van der Waals surface area (Å²) in [5.41, 5.74) is 11.7. The molecule has 26 heteroatoms. The highest BCUT2D eigenvalue weighted by Crippen LogP contribution is 2.21. The van der Waals surface area contributed by atoms with Crippen LogP contribution in [-0.2, 0) is 59.2 Å². The van der Waals surface area contributed by atoms with Gasteiger partial charge in [-0.1, -0.05) is 77.8 Å². The van der Waals surface area contributed by atoms with Crippen LogP contribution >= 0.6 is 0 Å². The Labute approximate surface area is 470 Å². The van der Waals surface area contributed by atoms with Gasteiger partial charge in [-0.25, -0.2) is 0 Å². The summed E-state index contributed by atoms with van der Waals surface area (Å²) >= 11 is 0. The zero-order valence-corrected chi connectivity index (χ0v) is 48.5. The number of guanidine groups is 1. The first-order chi connectivity index (χ1) is 37.7. The second kappa shape index (κ2) is 34.6. The van der Waals surface area contributed by atoms with Gasteiger partial charge in [-0.2, -0.15) is 0 Å². The number of aliphatic hydroxyl groups excluding tert-OH is 1. The molecule has 0 aliphatic carbocycles. The molecule has 13 N–H and O–H groups in total. The minimum absolute atomic E-state index is 0.0219. The lowest BCUT2D eigenvalue weighted by atomic mass is 9.96. The maximum Gasteiger partial charge on any atom is 0.245 e. The van der Waals surface area contributed by atoms with Crippen molar-refractivity contribution < 1.29 is 57.8 Å². The Balaban J connectivity index is 2.30. The number of carbonyl (C=O) groups is 11. The molecule has 0 bridgehead atoms. The van der Waals surface area contributed by atoms with Crippen molar-refractivity contribution in [2.75, 3.05) is 46.8 Å². The second-order valence-electron chi connectivity index (χ2n) is 20.8. The van der Waals surface area contributed by atoms with Gasteiger partial charge in [0, 0.05) is 47.1 Å². The first-order valence-electron chi connectivity index (χ1n) is 27.6. The van der Waals surface area contributed by atoms with E-state index in [0.717, 1.165) is 9.80 Å². The van der Waals surface area contributed by atoms with Gasteiger partial charge >= 0.3 is 0 Å². The summed E-state index contributed by atoms with van der Waals surface area (Å²) in [6, 6.07) is -0.976. The smallest absolute Gasteiger partial charge is 0.245 e. The number of nitrogens with one attached hydrogen (secondary N) is 8. The standard InChI is InChI=1S/C54H90N14O12/c1-12-20-37(47(74)64-44(32(6)13-2)51(78)62-38(23-18-25-58-54(55)56)53(80)68-26-19-24-40(68)49(76)57-14-3)61-52(79)45(34(8)69)65-48(75)39(27-31(4)5)63-46(73)33(7)60-50(77)41(28-36-21-16-15-17-22-36)67(11)43(72)29-59-42(71)30-66(10)35(9)70/h15-17,21-22,31-34,37-41,44-45,69H,12-14,18-20,23-30H2,1-11H3,(H,57,76)(H,59,71)(H,60,77)(H,61,79)(H,62,78)(H,63,73)(H,64,74)(H,65,75)(H4,55,56,58)/t32-,33-,34+,37-,38-,39+,40-,41-,44-,45-/m0/s1. The fraction of sp³-hybridized carbons (Fsp3) is 0.667. The minimum Gasteiger partial charge on any atom is -0.391 e. The number of aliphatic hydroxyl groups is 1. The third kappa shape index (κ3) is 22.8. The molecule has 11 amide bonds. The van der Waals surface area contributed by atoms with Crippen LogP contribution in [0.5, 0.6) is 0 Å². The SMILES string of the molecule is CCC[C@H](NC(=O)[C@@H](NC(=O)[C@@H](CC(C)C)NC(=O)[C@H](C)NC(=O)[C@H](Cc1ccccc1)N(C)C(=O)CNC(=O)CN(C)C(C)=O)[C@@H](C)O)C(=O)N[C@H](C(=O)N[C@@H](CCCN=C(N)N)C(=O)N1CCC[C@H]1C(=O)NCC)[C@@H](C)CC. The number of nitrogens with zero attached hydrogens (tertiary/aromatic N) is 4. The molecule has 0 spiro atoms. The average molecular weight is 1130 g/mol. The van der Waals surface area contributed by atoms with Gasteiger partial charge in [-0.3, -0.25) is 57.7 Å². The van der Waals surface area contributed by atoms with Crippen molar-refractivity contribution in [1.29, 1.82) is 0 Å². The number of amides is 11. The highest BCUT2D eigenvalue weighted by molar-refractivity contribution is 5.98. The van der Waals surface area contributed by atoms with Gasteiger partial charge in [0.1, 0.15) is 48.3 Å². The quantitative estimate of drug-likeness (QED) is 0.0207. The van der Waals surface area contributed by atoms with Crippen molar-refractivity contribution >= 4 is 70.9 Å². The number of rotatable bonds is 33. The molecule has 10 atom stereocenters. The Kier molecular flexibility index (Phi) is 29.7. The van der Waals surface area contributed by atoms with Crippen LogP contribution in [0.4, 0.5) is 0 Å². The van der Waals surface area contributed by atoms with E-state index >= 15 is 0 Å². The summed E-state index contributed by atoms with van der Waals surface area (Å²) in [6.45, 7) is 14.6. The molecule has 448 valence electrons. The summed E-state index contributed by atoms with van der Waals surface area (Å²) in [7, 11) is 2.80. The minimum atomic E-state index is -1.65. The van der Waals surface area contributed by atoms with Crippen molar-refractivity contribution in [2.45, 2.75) is 175 Å². The Morgan fingerprint density at radius 3 is 1.91 bits per heavy atom. The first kappa shape index (κ1) is 68.7. The van der Waals surface area contributed by atoms with Crippen LogP contribution < -0.4 is 54.0 Å². The van der Waals surface area contributed by atoms with E-state index in [1.54, 1.807) is 65.0 Å². The van der Waals surface area contributed by atoms with Crippen molar-refractivity contribution in [3.05, 3.63) is 35.9 Å². The van der Waals surface area contributed by atoms with Crippen LogP contribution in [0.1, 0.15) is 119 Å². The third-order valence-corrected chi connectivity index (χ3v) is 13.7. The molecule has 1 aliphatic heterocycles. The molecule has 80 heavy (non-hydrogen) atoms. The number of likely N-dealkylation sites (tertiary alicyclic amines) is 1. The zero-order valence-electron chi connectivity index (χ0n) is 48.5. The largest absolute Gasteiger partial charge is 0.391 e. The van der Waals surface area contributed by atoms with Gasteiger partial charge in [-0.05, 0) is 76.7 Å². The number of hydrogen-bond acceptors (Lipinski definition) is 13. The van der Waals surface area contributed by atoms with Crippen LogP contribution in [-0.4, -0.2) is 192 Å². The molecular formula is C54H90N14O12. The Morgan fingerprint density at radius 1 is 0.738 bits per heavy atom. The summed E-state index contributed by atoms with van der Waals surface area (Å²) in [5.74, 6) is -8.01. The Hall–Kier alpha value is -7.38. The lowest BCUT2D eigenvalue weighted by molar-refractivity contribution is -0.142. The second-order valence-corrected chi connectivity index (χ2v) is 20.8. The van der Waals surface area contributed by atoms with Crippen molar-refractivity contribution in [3.63, 3.8) is 0 Å². The fourth-order valence-electron chi connectivity index (χ4n) is 8.72. The van der Waals surface area contributed by atoms with Gasteiger partial charge in [0.05, 0.1) is 19.2 Å². The Bertz CT molecular complexity index is 2300. The first-order valence-corrected chi connectivity index (χ1v) is 27.6. The molecule has 1 aromatic carbocycles. The van der Waals surface area contributed by atoms with Gasteiger partial charge in [0.2, 0.25) is 65.0 Å². The summed E-state index contributed by atoms with van der Waals surface area (Å²) in [4.78, 5) is 156. The number of hydrogen-bond donors (Lipinski definition) is 11. The van der Waals surface area contributed by atoms with E-state index in [1.165, 1.54) is 39.8 Å². The summed E-state index contributed by atoms with van der Waals surface area (Å²) in [6.07, 6.45) is 0.790. The van der Waals surface area contributed by atoms with Crippen molar-refractivity contribution in [1.82, 2.24) is 57.2 Å². The maximum absolute atomic E-state index is 14.2. The number of nitrogens with two attached hydrogens (primary N) is 2. The number of benzene rings is 1. The van der Waals surface area contributed by atoms with Crippen LogP contribution in [0.25, 0.3) is 0 Å². The van der Waals surface area contributed by atoms with Gasteiger partial charge in [0.15, 0.2) is 5.96 Å². The van der Waals surface area contributed by atoms with Crippen LogP contribution in [0, 0.1) is 11.8 Å². The molecule has 0 aromatic heterocycles. The van der Waals surface area contributed by atoms with E-state index in [4.69, 9.17) is 11.5 Å². The predicted molar refractivity (Wildman–Crippen MR) is 299 cm³/mol. The molecule has 2 rings (SSSR count). The van der Waals surface area contributed by atoms with Crippen LogP contribution in [0.15, 0.2) is 35.3 Å². The Morgan fingerprint density at radius 2 is 1.34 bits per heavy atom. The van der Waals surface area contributed by atoms with E-state index in [2.05, 4.69) is 47.5 Å². The summed E-state index contributed by atoms with van der Waals surface area (Å²) in [5, 5.41) is 32.1. The number of carbonyl (C=O) groups excluding carboxylic acids is 11. The lowest BCUT2D eigenvalue weighted by Crippen LogP contribution is -2.62. The zero-order chi connectivity index (χ0) is 60.4. The van der Waals surface area contributed by atoms with E-state index < -0.39 is 120 Å². The normalized spacial score (nSPS) is 16.3. The number of likely N-dealkylation sites (N-methyl/N-ethyl adjacent to an activating group) is 3. The predicted octanol–water partition coefficient (Wildman–Crippen LogP) is -1.97. The molecule has 1 fully saturated rings. The molecule has 0 radical (unpaired) electrons. The van der Waals surface area contributed by atoms with Crippen molar-refractivity contribution in [2.24, 2.45) is 28.3 Å². The highest BCUT2D eigenvalue weighted by atomic mass is 16.3. The molecule has 26 nitrogen and oxygen atoms in total. The van der Waals surface area contributed by atoms with E-state index in [9.17, 15) is 57.8 Å². The van der Waals surface area contributed by atoms with Crippen LogP contribution in [0.3, 0.4) is 0 Å². The van der Waals surface area contributed by atoms with Gasteiger partial charge in [-0.15, -0.1) is 0 Å². The van der Waals surface area contributed by atoms with Crippen LogP contribution in [0.2, 0.25) is 0 Å². The third-order valence-electron chi connectivity index (χ3n) is 13.7. The van der Waals surface area contributed by atoms with Crippen molar-refractivity contribution in [3.8, 4) is 0 Å². The summed E-state index contributed by atoms with van der Waals surface area (Å²) < 4.78 is 0. The molecule has 0 unspecified atom stereocenters. The molecular weight excluding hydrogens is 1040 g/mol. The molecule has 0 saturated carbocycles. The molecule has 1 aliphatic rings.